The van der Waals surface area contributed by atoms with Crippen LogP contribution in [-0.4, -0.2) is 20.9 Å². The lowest BCUT2D eigenvalue weighted by Crippen LogP contribution is -2.05. The van der Waals surface area contributed by atoms with Crippen molar-refractivity contribution in [2.75, 3.05) is 0 Å². The number of hydrogen-bond donors (Lipinski definition) is 1. The Hall–Kier alpha value is -2.99. The summed E-state index contributed by atoms with van der Waals surface area (Å²) in [6.07, 6.45) is 1.81. The highest BCUT2D eigenvalue weighted by Crippen LogP contribution is 2.28. The van der Waals surface area contributed by atoms with Crippen LogP contribution in [0, 0.1) is 18.6 Å². The molecule has 0 amide bonds. The maximum absolute atomic E-state index is 14.3. The first-order valence-corrected chi connectivity index (χ1v) is 8.38. The molecule has 0 spiro atoms. The molecule has 138 valence electrons. The van der Waals surface area contributed by atoms with Crippen LogP contribution in [0.4, 0.5) is 8.78 Å². The zero-order valence-electron chi connectivity index (χ0n) is 14.5. The van der Waals surface area contributed by atoms with E-state index >= 15 is 0 Å². The lowest BCUT2D eigenvalue weighted by molar-refractivity contribution is 0.0689. The highest BCUT2D eigenvalue weighted by atomic mass is 35.5. The van der Waals surface area contributed by atoms with E-state index in [0.29, 0.717) is 21.9 Å². The van der Waals surface area contributed by atoms with Crippen LogP contribution < -0.4 is 0 Å². The molecule has 0 bridgehead atoms. The molecule has 4 nitrogen and oxygen atoms in total. The highest BCUT2D eigenvalue weighted by Gasteiger charge is 2.23. The van der Waals surface area contributed by atoms with Crippen LogP contribution in [0.15, 0.2) is 42.5 Å². The standard InChI is InChI=1S/C20H15ClF2N2O2/c1-11(9-13-3-5-14(21)6-4-13)19-12(2)18(20(26)27)24-25(19)17-8-7-15(22)10-16(17)23/h3-10H,1-2H3,(H,26,27). The van der Waals surface area contributed by atoms with Crippen molar-refractivity contribution in [2.45, 2.75) is 13.8 Å². The third kappa shape index (κ3) is 3.75. The number of allylic oxidation sites excluding steroid dienone is 1. The molecule has 0 atom stereocenters. The summed E-state index contributed by atoms with van der Waals surface area (Å²) < 4.78 is 28.8. The fourth-order valence-corrected chi connectivity index (χ4v) is 2.99. The molecular weight excluding hydrogens is 374 g/mol. The van der Waals surface area contributed by atoms with E-state index in [-0.39, 0.29) is 11.4 Å². The first kappa shape index (κ1) is 18.8. The van der Waals surface area contributed by atoms with Crippen LogP contribution in [0.25, 0.3) is 17.3 Å². The fraction of sp³-hybridized carbons (Fsp3) is 0.100. The molecule has 0 saturated heterocycles. The molecule has 0 radical (unpaired) electrons. The molecule has 0 aliphatic rings. The molecule has 2 aromatic carbocycles. The average molecular weight is 389 g/mol. The number of aromatic carboxylic acids is 1. The molecule has 1 heterocycles. The molecular formula is C20H15ClF2N2O2. The van der Waals surface area contributed by atoms with Gasteiger partial charge in [-0.15, -0.1) is 0 Å². The SMILES string of the molecule is CC(=Cc1ccc(Cl)cc1)c1c(C)c(C(=O)O)nn1-c1ccc(F)cc1F. The number of nitrogens with zero attached hydrogens (tertiary/aromatic N) is 2. The summed E-state index contributed by atoms with van der Waals surface area (Å²) in [5, 5.41) is 14.0. The van der Waals surface area contributed by atoms with Crippen molar-refractivity contribution in [1.29, 1.82) is 0 Å². The van der Waals surface area contributed by atoms with Gasteiger partial charge in [0.25, 0.3) is 0 Å². The lowest BCUT2D eigenvalue weighted by atomic mass is 10.0. The van der Waals surface area contributed by atoms with Gasteiger partial charge in [-0.2, -0.15) is 5.10 Å². The second-order valence-corrected chi connectivity index (χ2v) is 6.45. The molecule has 0 fully saturated rings. The predicted molar refractivity (Wildman–Crippen MR) is 100 cm³/mol. The first-order valence-electron chi connectivity index (χ1n) is 8.00. The van der Waals surface area contributed by atoms with Gasteiger partial charge < -0.3 is 5.11 Å². The summed E-state index contributed by atoms with van der Waals surface area (Å²) in [4.78, 5) is 11.5. The van der Waals surface area contributed by atoms with E-state index in [1.807, 2.05) is 6.08 Å². The van der Waals surface area contributed by atoms with Gasteiger partial charge in [0.05, 0.1) is 5.69 Å². The number of aromatic nitrogens is 2. The molecule has 0 unspecified atom stereocenters. The lowest BCUT2D eigenvalue weighted by Gasteiger charge is -2.10. The van der Waals surface area contributed by atoms with Gasteiger partial charge in [-0.05, 0) is 55.3 Å². The molecule has 7 heteroatoms. The van der Waals surface area contributed by atoms with Crippen molar-refractivity contribution < 1.29 is 18.7 Å². The minimum atomic E-state index is -1.23. The smallest absolute Gasteiger partial charge is 0.356 e. The van der Waals surface area contributed by atoms with Crippen LogP contribution >= 0.6 is 11.6 Å². The van der Waals surface area contributed by atoms with Crippen molar-refractivity contribution in [1.82, 2.24) is 9.78 Å². The number of carboxylic acid groups (broad SMARTS) is 1. The molecule has 1 aromatic heterocycles. The molecule has 3 rings (SSSR count). The van der Waals surface area contributed by atoms with Gasteiger partial charge in [-0.1, -0.05) is 23.7 Å². The van der Waals surface area contributed by atoms with E-state index in [2.05, 4.69) is 5.10 Å². The fourth-order valence-electron chi connectivity index (χ4n) is 2.87. The topological polar surface area (TPSA) is 55.1 Å². The van der Waals surface area contributed by atoms with Crippen molar-refractivity contribution in [3.8, 4) is 5.69 Å². The summed E-state index contributed by atoms with van der Waals surface area (Å²) in [7, 11) is 0. The van der Waals surface area contributed by atoms with Crippen LogP contribution in [0.2, 0.25) is 5.02 Å². The van der Waals surface area contributed by atoms with Gasteiger partial charge in [-0.25, -0.2) is 18.3 Å². The molecule has 0 aliphatic carbocycles. The Morgan fingerprint density at radius 3 is 2.44 bits per heavy atom. The van der Waals surface area contributed by atoms with Gasteiger partial charge in [-0.3, -0.25) is 0 Å². The Balaban J connectivity index is 2.21. The number of hydrogen-bond acceptors (Lipinski definition) is 2. The maximum atomic E-state index is 14.3. The van der Waals surface area contributed by atoms with Gasteiger partial charge in [0.2, 0.25) is 0 Å². The Kier molecular flexibility index (Phi) is 5.10. The van der Waals surface area contributed by atoms with Crippen LogP contribution in [0.1, 0.15) is 34.2 Å². The zero-order valence-corrected chi connectivity index (χ0v) is 15.3. The van der Waals surface area contributed by atoms with Gasteiger partial charge in [0, 0.05) is 16.7 Å². The minimum Gasteiger partial charge on any atom is -0.476 e. The number of rotatable bonds is 4. The van der Waals surface area contributed by atoms with Gasteiger partial charge in [0.1, 0.15) is 11.5 Å². The van der Waals surface area contributed by atoms with Crippen molar-refractivity contribution in [3.63, 3.8) is 0 Å². The molecule has 3 aromatic rings. The molecule has 0 saturated carbocycles. The van der Waals surface area contributed by atoms with Crippen molar-refractivity contribution in [2.24, 2.45) is 0 Å². The summed E-state index contributed by atoms with van der Waals surface area (Å²) in [5.74, 6) is -2.79. The number of carboxylic acids is 1. The van der Waals surface area contributed by atoms with E-state index < -0.39 is 17.6 Å². The Labute approximate surface area is 159 Å². The van der Waals surface area contributed by atoms with E-state index in [4.69, 9.17) is 11.6 Å². The summed E-state index contributed by atoms with van der Waals surface area (Å²) in [6, 6.07) is 10.1. The van der Waals surface area contributed by atoms with Crippen LogP contribution in [0.3, 0.4) is 0 Å². The Bertz CT molecular complexity index is 1060. The van der Waals surface area contributed by atoms with Crippen molar-refractivity contribution >= 4 is 29.2 Å². The highest BCUT2D eigenvalue weighted by molar-refractivity contribution is 6.30. The van der Waals surface area contributed by atoms with E-state index in [0.717, 1.165) is 17.7 Å². The summed E-state index contributed by atoms with van der Waals surface area (Å²) in [6.45, 7) is 3.37. The van der Waals surface area contributed by atoms with Crippen LogP contribution in [0.5, 0.6) is 0 Å². The third-order valence-electron chi connectivity index (χ3n) is 4.09. The molecule has 0 aliphatic heterocycles. The molecule has 1 N–H and O–H groups in total. The molecule has 27 heavy (non-hydrogen) atoms. The number of halogens is 3. The summed E-state index contributed by atoms with van der Waals surface area (Å²) >= 11 is 5.89. The maximum Gasteiger partial charge on any atom is 0.356 e. The number of carbonyl (C=O) groups is 1. The Morgan fingerprint density at radius 1 is 1.19 bits per heavy atom. The largest absolute Gasteiger partial charge is 0.476 e. The van der Waals surface area contributed by atoms with Gasteiger partial charge in [0.15, 0.2) is 11.5 Å². The number of benzene rings is 2. The van der Waals surface area contributed by atoms with E-state index in [9.17, 15) is 18.7 Å². The van der Waals surface area contributed by atoms with Crippen molar-refractivity contribution in [3.05, 3.63) is 81.6 Å². The minimum absolute atomic E-state index is 0.0362. The quantitative estimate of drug-likeness (QED) is 0.653. The average Bonchev–Trinajstić information content (AvgIpc) is 2.94. The van der Waals surface area contributed by atoms with E-state index in [1.54, 1.807) is 38.1 Å². The second kappa shape index (κ2) is 7.32. The van der Waals surface area contributed by atoms with E-state index in [1.165, 1.54) is 10.7 Å². The van der Waals surface area contributed by atoms with Crippen LogP contribution in [-0.2, 0) is 0 Å². The zero-order chi connectivity index (χ0) is 19.7. The predicted octanol–water partition coefficient (Wildman–Crippen LogP) is 5.37. The van der Waals surface area contributed by atoms with Gasteiger partial charge >= 0.3 is 5.97 Å². The third-order valence-corrected chi connectivity index (χ3v) is 4.34. The normalized spacial score (nSPS) is 11.7. The monoisotopic (exact) mass is 388 g/mol. The Morgan fingerprint density at radius 2 is 1.85 bits per heavy atom. The summed E-state index contributed by atoms with van der Waals surface area (Å²) in [5.41, 5.74) is 2.07. The second-order valence-electron chi connectivity index (χ2n) is 6.01. The first-order chi connectivity index (χ1) is 12.8.